The molecule has 5 nitrogen and oxygen atoms in total. The number of nitrogens with one attached hydrogen (secondary N) is 1. The van der Waals surface area contributed by atoms with E-state index in [4.69, 9.17) is 0 Å². The summed E-state index contributed by atoms with van der Waals surface area (Å²) in [6, 6.07) is 5.55. The highest BCUT2D eigenvalue weighted by atomic mass is 16.2. The Morgan fingerprint density at radius 2 is 2.05 bits per heavy atom. The van der Waals surface area contributed by atoms with Gasteiger partial charge in [0.25, 0.3) is 0 Å². The van der Waals surface area contributed by atoms with E-state index in [2.05, 4.69) is 25.7 Å². The third kappa shape index (κ3) is 2.17. The molecule has 1 aliphatic heterocycles. The summed E-state index contributed by atoms with van der Waals surface area (Å²) in [5.74, 6) is 0.239. The van der Waals surface area contributed by atoms with Gasteiger partial charge in [0.2, 0.25) is 5.91 Å². The smallest absolute Gasteiger partial charge is 0.329 e. The quantitative estimate of drug-likeness (QED) is 0.927. The number of benzene rings is 1. The number of hydrogen-bond donors (Lipinski definition) is 1. The highest BCUT2D eigenvalue weighted by Gasteiger charge is 2.29. The summed E-state index contributed by atoms with van der Waals surface area (Å²) in [4.78, 5) is 24.9. The molecule has 0 radical (unpaired) electrons. The van der Waals surface area contributed by atoms with Crippen LogP contribution >= 0.6 is 0 Å². The Balaban J connectivity index is 0.00000192. The molecule has 118 valence electrons. The number of carbonyl (C=O) groups is 1. The first kappa shape index (κ1) is 14.6. The molecule has 1 aliphatic rings. The van der Waals surface area contributed by atoms with E-state index in [0.29, 0.717) is 18.8 Å². The maximum absolute atomic E-state index is 12.6. The number of hydrogen-bond acceptors (Lipinski definition) is 2. The number of nitrogens with zero attached hydrogens (tertiary/aromatic N) is 2. The van der Waals surface area contributed by atoms with Crippen molar-refractivity contribution in [2.45, 2.75) is 38.6 Å². The maximum atomic E-state index is 12.6. The second-order valence-electron chi connectivity index (χ2n) is 6.26. The number of aromatic nitrogens is 2. The van der Waals surface area contributed by atoms with E-state index in [1.54, 1.807) is 16.2 Å². The molecule has 0 spiro atoms. The van der Waals surface area contributed by atoms with Crippen LogP contribution in [0.3, 0.4) is 0 Å². The molecule has 0 bridgehead atoms. The van der Waals surface area contributed by atoms with Crippen molar-refractivity contribution in [1.82, 2.24) is 14.5 Å². The zero-order chi connectivity index (χ0) is 16.0. The minimum Gasteiger partial charge on any atom is -0.329 e. The number of piperidine rings is 1. The largest absolute Gasteiger partial charge is 0.329 e. The van der Waals surface area contributed by atoms with Gasteiger partial charge in [0.05, 0.1) is 11.0 Å². The number of rotatable bonds is 2. The molecule has 1 N–H and O–H groups in total. The average Bonchev–Trinajstić information content (AvgIpc) is 2.71. The molecule has 1 saturated heterocycles. The maximum Gasteiger partial charge on any atom is 0.329 e. The van der Waals surface area contributed by atoms with E-state index in [-0.39, 0.29) is 13.0 Å². The van der Waals surface area contributed by atoms with Crippen LogP contribution in [0.25, 0.3) is 11.0 Å². The molecule has 1 unspecified atom stereocenters. The predicted molar refractivity (Wildman–Crippen MR) is 88.9 cm³/mol. The molecule has 2 heterocycles. The van der Waals surface area contributed by atoms with E-state index < -0.39 is 6.04 Å². The summed E-state index contributed by atoms with van der Waals surface area (Å²) in [5, 5.41) is 2.76. The fourth-order valence-corrected chi connectivity index (χ4v) is 3.05. The van der Waals surface area contributed by atoms with E-state index in [9.17, 15) is 9.59 Å². The monoisotopic (exact) mass is 301 g/mol. The van der Waals surface area contributed by atoms with E-state index in [1.807, 2.05) is 18.2 Å². The SMILES string of the molecule is C=C1CCC(n2c(=O)n(C)c3cc(C(C)C)ccc32)C(=O)N1.[HH]. The molecule has 0 aliphatic carbocycles. The van der Waals surface area contributed by atoms with Gasteiger partial charge in [-0.05, 0) is 36.5 Å². The van der Waals surface area contributed by atoms with Crippen LogP contribution < -0.4 is 11.0 Å². The Morgan fingerprint density at radius 1 is 1.32 bits per heavy atom. The van der Waals surface area contributed by atoms with Gasteiger partial charge in [-0.2, -0.15) is 0 Å². The zero-order valence-electron chi connectivity index (χ0n) is 13.2. The van der Waals surface area contributed by atoms with E-state index >= 15 is 0 Å². The number of aryl methyl sites for hydroxylation is 1. The van der Waals surface area contributed by atoms with Crippen LogP contribution in [-0.2, 0) is 11.8 Å². The van der Waals surface area contributed by atoms with Crippen molar-refractivity contribution in [3.63, 3.8) is 0 Å². The Bertz CT molecular complexity index is 832. The third-order valence-electron chi connectivity index (χ3n) is 4.41. The second kappa shape index (κ2) is 5.16. The second-order valence-corrected chi connectivity index (χ2v) is 6.26. The lowest BCUT2D eigenvalue weighted by atomic mass is 10.0. The molecule has 2 aromatic rings. The van der Waals surface area contributed by atoms with Gasteiger partial charge in [-0.25, -0.2) is 4.79 Å². The lowest BCUT2D eigenvalue weighted by Crippen LogP contribution is -2.40. The molecule has 1 fully saturated rings. The topological polar surface area (TPSA) is 56.0 Å². The van der Waals surface area contributed by atoms with Crippen molar-refractivity contribution in [2.24, 2.45) is 7.05 Å². The summed E-state index contributed by atoms with van der Waals surface area (Å²) in [6.07, 6.45) is 1.30. The first-order chi connectivity index (χ1) is 10.4. The minimum atomic E-state index is -0.466. The fraction of sp³-hybridized carbons (Fsp3) is 0.412. The van der Waals surface area contributed by atoms with Crippen LogP contribution in [-0.4, -0.2) is 15.0 Å². The molecule has 22 heavy (non-hydrogen) atoms. The van der Waals surface area contributed by atoms with Gasteiger partial charge in [0.15, 0.2) is 0 Å². The van der Waals surface area contributed by atoms with Gasteiger partial charge in [-0.15, -0.1) is 0 Å². The summed E-state index contributed by atoms with van der Waals surface area (Å²) in [7, 11) is 1.75. The van der Waals surface area contributed by atoms with Crippen molar-refractivity contribution in [3.05, 3.63) is 46.5 Å². The fourth-order valence-electron chi connectivity index (χ4n) is 3.05. The number of amides is 1. The molecular weight excluding hydrogens is 278 g/mol. The molecule has 5 heteroatoms. The first-order valence-electron chi connectivity index (χ1n) is 7.59. The lowest BCUT2D eigenvalue weighted by molar-refractivity contribution is -0.124. The highest BCUT2D eigenvalue weighted by molar-refractivity contribution is 5.86. The van der Waals surface area contributed by atoms with Gasteiger partial charge < -0.3 is 5.32 Å². The van der Waals surface area contributed by atoms with Gasteiger partial charge in [-0.3, -0.25) is 13.9 Å². The van der Waals surface area contributed by atoms with Crippen molar-refractivity contribution >= 4 is 16.9 Å². The van der Waals surface area contributed by atoms with Crippen molar-refractivity contribution < 1.29 is 6.22 Å². The Hall–Kier alpha value is -2.30. The summed E-state index contributed by atoms with van der Waals surface area (Å²) >= 11 is 0. The predicted octanol–water partition coefficient (Wildman–Crippen LogP) is 2.67. The van der Waals surface area contributed by atoms with Gasteiger partial charge >= 0.3 is 5.69 Å². The Kier molecular flexibility index (Phi) is 3.43. The van der Waals surface area contributed by atoms with E-state index in [0.717, 1.165) is 16.7 Å². The number of carbonyl (C=O) groups excluding carboxylic acids is 1. The van der Waals surface area contributed by atoms with Crippen LogP contribution in [0, 0.1) is 0 Å². The molecular formula is C17H23N3O2. The molecule has 3 rings (SSSR count). The molecule has 1 aromatic carbocycles. The lowest BCUT2D eigenvalue weighted by Gasteiger charge is -2.24. The summed E-state index contributed by atoms with van der Waals surface area (Å²) < 4.78 is 3.24. The zero-order valence-corrected chi connectivity index (χ0v) is 13.2. The third-order valence-corrected chi connectivity index (χ3v) is 4.41. The van der Waals surface area contributed by atoms with Gasteiger partial charge in [0.1, 0.15) is 6.04 Å². The van der Waals surface area contributed by atoms with Crippen molar-refractivity contribution in [3.8, 4) is 0 Å². The molecule has 1 aromatic heterocycles. The highest BCUT2D eigenvalue weighted by Crippen LogP contribution is 2.26. The number of fused-ring (bicyclic) bond motifs is 1. The standard InChI is InChI=1S/C17H21N3O2.H2/c1-10(2)12-6-8-13-15(9-12)19(4)17(22)20(13)14-7-5-11(3)18-16(14)21;/h6,8-10,14H,3,5,7H2,1-2,4H3,(H,18,21);1H. The Labute approximate surface area is 130 Å². The molecule has 0 saturated carbocycles. The summed E-state index contributed by atoms with van der Waals surface area (Å²) in [6.45, 7) is 8.03. The van der Waals surface area contributed by atoms with Gasteiger partial charge in [-0.1, -0.05) is 26.5 Å². The van der Waals surface area contributed by atoms with E-state index in [1.165, 1.54) is 5.56 Å². The van der Waals surface area contributed by atoms with Crippen LogP contribution in [0.15, 0.2) is 35.3 Å². The Morgan fingerprint density at radius 3 is 2.68 bits per heavy atom. The molecule has 1 amide bonds. The number of imidazole rings is 1. The number of allylic oxidation sites excluding steroid dienone is 1. The van der Waals surface area contributed by atoms with Gasteiger partial charge in [0, 0.05) is 14.2 Å². The van der Waals surface area contributed by atoms with Crippen LogP contribution in [0.5, 0.6) is 0 Å². The van der Waals surface area contributed by atoms with Crippen LogP contribution in [0.4, 0.5) is 0 Å². The summed E-state index contributed by atoms with van der Waals surface area (Å²) in [5.41, 5.74) is 3.43. The van der Waals surface area contributed by atoms with Crippen molar-refractivity contribution in [1.29, 1.82) is 0 Å². The van der Waals surface area contributed by atoms with Crippen LogP contribution in [0.1, 0.15) is 45.6 Å². The van der Waals surface area contributed by atoms with Crippen LogP contribution in [0.2, 0.25) is 0 Å². The molecule has 1 atom stereocenters. The first-order valence-corrected chi connectivity index (χ1v) is 7.59. The van der Waals surface area contributed by atoms with Crippen molar-refractivity contribution in [2.75, 3.05) is 0 Å². The minimum absolute atomic E-state index is 0. The average molecular weight is 301 g/mol. The normalized spacial score (nSPS) is 19.0.